The molecule has 1 aliphatic rings. The van der Waals surface area contributed by atoms with Gasteiger partial charge >= 0.3 is 0 Å². The first kappa shape index (κ1) is 16.7. The molecule has 6 heteroatoms. The van der Waals surface area contributed by atoms with Crippen LogP contribution in [0.5, 0.6) is 0 Å². The van der Waals surface area contributed by atoms with Gasteiger partial charge in [0.25, 0.3) is 0 Å². The lowest BCUT2D eigenvalue weighted by molar-refractivity contribution is 0.0348. The van der Waals surface area contributed by atoms with Crippen LogP contribution in [0.3, 0.4) is 0 Å². The van der Waals surface area contributed by atoms with Crippen molar-refractivity contribution in [3.05, 3.63) is 18.0 Å². The Kier molecular flexibility index (Phi) is 6.41. The molecule has 5 nitrogen and oxygen atoms in total. The van der Waals surface area contributed by atoms with Gasteiger partial charge in [-0.2, -0.15) is 0 Å². The lowest BCUT2D eigenvalue weighted by Gasteiger charge is -2.43. The Morgan fingerprint density at radius 2 is 2.05 bits per heavy atom. The second kappa shape index (κ2) is 8.08. The van der Waals surface area contributed by atoms with E-state index in [0.717, 1.165) is 43.3 Å². The molecule has 0 bridgehead atoms. The molecule has 1 aromatic heterocycles. The number of rotatable bonds is 6. The fraction of sp³-hybridized carbons (Fsp3) is 0.733. The molecule has 21 heavy (non-hydrogen) atoms. The fourth-order valence-electron chi connectivity index (χ4n) is 2.95. The van der Waals surface area contributed by atoms with Crippen molar-refractivity contribution in [2.24, 2.45) is 0 Å². The molecule has 2 heterocycles. The highest BCUT2D eigenvalue weighted by atomic mass is 32.2. The normalized spacial score (nSPS) is 21.1. The lowest BCUT2D eigenvalue weighted by atomic mass is 10.1. The molecule has 2 rings (SSSR count). The molecular weight excluding hydrogens is 284 g/mol. The molecule has 0 radical (unpaired) electrons. The second-order valence-electron chi connectivity index (χ2n) is 5.81. The Morgan fingerprint density at radius 1 is 1.33 bits per heavy atom. The van der Waals surface area contributed by atoms with Gasteiger partial charge in [-0.25, -0.2) is 9.97 Å². The van der Waals surface area contributed by atoms with E-state index >= 15 is 0 Å². The van der Waals surface area contributed by atoms with Gasteiger partial charge in [0.2, 0.25) is 0 Å². The number of hydrogen-bond donors (Lipinski definition) is 1. The van der Waals surface area contributed by atoms with Gasteiger partial charge in [-0.15, -0.1) is 0 Å². The summed E-state index contributed by atoms with van der Waals surface area (Å²) in [6.45, 7) is 8.74. The average molecular weight is 310 g/mol. The van der Waals surface area contributed by atoms with Crippen molar-refractivity contribution in [3.63, 3.8) is 0 Å². The van der Waals surface area contributed by atoms with Crippen LogP contribution in [0, 0.1) is 0 Å². The zero-order valence-corrected chi connectivity index (χ0v) is 14.0. The summed E-state index contributed by atoms with van der Waals surface area (Å²) < 4.78 is 0. The molecule has 1 fully saturated rings. The van der Waals surface area contributed by atoms with Crippen molar-refractivity contribution in [2.45, 2.75) is 44.1 Å². The number of aliphatic hydroxyl groups is 1. The first-order chi connectivity index (χ1) is 10.1. The van der Waals surface area contributed by atoms with Gasteiger partial charge < -0.3 is 5.11 Å². The number of piperazine rings is 1. The maximum atomic E-state index is 9.28. The summed E-state index contributed by atoms with van der Waals surface area (Å²) in [7, 11) is 0. The highest BCUT2D eigenvalue weighted by Gasteiger charge is 2.28. The number of hydrogen-bond acceptors (Lipinski definition) is 6. The number of thioether (sulfide) groups is 1. The van der Waals surface area contributed by atoms with Crippen LogP contribution in [0.1, 0.15) is 25.8 Å². The number of nitrogens with zero attached hydrogens (tertiary/aromatic N) is 4. The molecule has 0 aromatic carbocycles. The molecule has 0 saturated carbocycles. The maximum Gasteiger partial charge on any atom is 0.187 e. The van der Waals surface area contributed by atoms with E-state index in [-0.39, 0.29) is 6.61 Å². The minimum atomic E-state index is 0.257. The van der Waals surface area contributed by atoms with Crippen LogP contribution in [0.4, 0.5) is 0 Å². The molecule has 1 aliphatic heterocycles. The third-order valence-electron chi connectivity index (χ3n) is 4.01. The van der Waals surface area contributed by atoms with Crippen molar-refractivity contribution < 1.29 is 5.11 Å². The van der Waals surface area contributed by atoms with Gasteiger partial charge in [0, 0.05) is 62.8 Å². The van der Waals surface area contributed by atoms with E-state index in [2.05, 4.69) is 33.6 Å². The van der Waals surface area contributed by atoms with Crippen molar-refractivity contribution in [1.82, 2.24) is 19.8 Å². The standard InChI is InChI=1S/C15H26N4OS/c1-12(2)19-6-5-18(11-14(19)4-7-20)10-13-8-16-15(21-3)17-9-13/h8-9,12,14,20H,4-7,10-11H2,1-3H3/t14-/m0/s1. The summed E-state index contributed by atoms with van der Waals surface area (Å²) in [6.07, 6.45) is 6.68. The summed E-state index contributed by atoms with van der Waals surface area (Å²) in [6, 6.07) is 0.975. The molecule has 0 unspecified atom stereocenters. The van der Waals surface area contributed by atoms with Crippen LogP contribution in [0.25, 0.3) is 0 Å². The molecule has 1 N–H and O–H groups in total. The van der Waals surface area contributed by atoms with Crippen LogP contribution in [0.15, 0.2) is 17.6 Å². The highest BCUT2D eigenvalue weighted by molar-refractivity contribution is 7.98. The third kappa shape index (κ3) is 4.64. The molecule has 0 spiro atoms. The zero-order valence-electron chi connectivity index (χ0n) is 13.2. The molecule has 0 amide bonds. The zero-order chi connectivity index (χ0) is 15.2. The smallest absolute Gasteiger partial charge is 0.187 e. The van der Waals surface area contributed by atoms with Crippen LogP contribution >= 0.6 is 11.8 Å². The van der Waals surface area contributed by atoms with Gasteiger partial charge in [-0.05, 0) is 26.5 Å². The van der Waals surface area contributed by atoms with E-state index in [0.29, 0.717) is 12.1 Å². The van der Waals surface area contributed by atoms with E-state index < -0.39 is 0 Å². The van der Waals surface area contributed by atoms with E-state index in [1.807, 2.05) is 18.6 Å². The average Bonchev–Trinajstić information content (AvgIpc) is 2.48. The Morgan fingerprint density at radius 3 is 2.62 bits per heavy atom. The monoisotopic (exact) mass is 310 g/mol. The molecule has 1 saturated heterocycles. The van der Waals surface area contributed by atoms with Gasteiger partial charge in [0.15, 0.2) is 5.16 Å². The van der Waals surface area contributed by atoms with E-state index in [1.165, 1.54) is 0 Å². The Hall–Kier alpha value is -0.690. The summed E-state index contributed by atoms with van der Waals surface area (Å²) in [5, 5.41) is 10.1. The minimum absolute atomic E-state index is 0.257. The lowest BCUT2D eigenvalue weighted by Crippen LogP contribution is -2.55. The van der Waals surface area contributed by atoms with Gasteiger partial charge in [0.1, 0.15) is 0 Å². The highest BCUT2D eigenvalue weighted by Crippen LogP contribution is 2.18. The number of aliphatic hydroxyl groups excluding tert-OH is 1. The molecular formula is C15H26N4OS. The van der Waals surface area contributed by atoms with E-state index in [1.54, 1.807) is 11.8 Å². The molecule has 1 atom stereocenters. The van der Waals surface area contributed by atoms with Gasteiger partial charge in [-0.1, -0.05) is 11.8 Å². The first-order valence-electron chi connectivity index (χ1n) is 7.58. The van der Waals surface area contributed by atoms with Gasteiger partial charge in [0.05, 0.1) is 0 Å². The topological polar surface area (TPSA) is 52.5 Å². The quantitative estimate of drug-likeness (QED) is 0.634. The summed E-state index contributed by atoms with van der Waals surface area (Å²) >= 11 is 1.56. The van der Waals surface area contributed by atoms with Crippen LogP contribution in [-0.2, 0) is 6.54 Å². The summed E-state index contributed by atoms with van der Waals surface area (Å²) in [5.41, 5.74) is 1.16. The summed E-state index contributed by atoms with van der Waals surface area (Å²) in [4.78, 5) is 13.6. The van der Waals surface area contributed by atoms with Crippen LogP contribution in [0.2, 0.25) is 0 Å². The van der Waals surface area contributed by atoms with Crippen molar-refractivity contribution >= 4 is 11.8 Å². The van der Waals surface area contributed by atoms with Crippen molar-refractivity contribution in [3.8, 4) is 0 Å². The first-order valence-corrected chi connectivity index (χ1v) is 8.80. The SMILES string of the molecule is CSc1ncc(CN2CCN(C(C)C)[C@@H](CCO)C2)cn1. The molecule has 0 aliphatic carbocycles. The largest absolute Gasteiger partial charge is 0.396 e. The molecule has 118 valence electrons. The molecule has 1 aromatic rings. The van der Waals surface area contributed by atoms with E-state index in [4.69, 9.17) is 0 Å². The Bertz CT molecular complexity index is 426. The second-order valence-corrected chi connectivity index (χ2v) is 6.58. The fourth-order valence-corrected chi connectivity index (χ4v) is 3.27. The van der Waals surface area contributed by atoms with Crippen molar-refractivity contribution in [2.75, 3.05) is 32.5 Å². The van der Waals surface area contributed by atoms with Crippen LogP contribution in [-0.4, -0.2) is 69.5 Å². The summed E-state index contributed by atoms with van der Waals surface area (Å²) in [5.74, 6) is 0. The maximum absolute atomic E-state index is 9.28. The predicted molar refractivity (Wildman–Crippen MR) is 86.4 cm³/mol. The van der Waals surface area contributed by atoms with Gasteiger partial charge in [-0.3, -0.25) is 9.80 Å². The van der Waals surface area contributed by atoms with Crippen molar-refractivity contribution in [1.29, 1.82) is 0 Å². The third-order valence-corrected chi connectivity index (χ3v) is 4.58. The minimum Gasteiger partial charge on any atom is -0.396 e. The Labute approximate surface area is 131 Å². The van der Waals surface area contributed by atoms with E-state index in [9.17, 15) is 5.11 Å². The number of aromatic nitrogens is 2. The Balaban J connectivity index is 1.94. The van der Waals surface area contributed by atoms with Crippen LogP contribution < -0.4 is 0 Å². The predicted octanol–water partition coefficient (Wildman–Crippen LogP) is 1.48.